The second-order valence-corrected chi connectivity index (χ2v) is 6.77. The van der Waals surface area contributed by atoms with Crippen LogP contribution in [0.5, 0.6) is 0 Å². The largest absolute Gasteiger partial charge is 0.347 e. The third kappa shape index (κ3) is 3.03. The molecule has 0 unspecified atom stereocenters. The van der Waals surface area contributed by atoms with E-state index in [0.29, 0.717) is 5.69 Å². The molecule has 1 amide bonds. The molecule has 0 aliphatic heterocycles. The van der Waals surface area contributed by atoms with Gasteiger partial charge in [-0.05, 0) is 31.2 Å². The van der Waals surface area contributed by atoms with Crippen molar-refractivity contribution in [1.82, 2.24) is 29.4 Å². The van der Waals surface area contributed by atoms with Crippen molar-refractivity contribution >= 4 is 38.8 Å². The van der Waals surface area contributed by atoms with Gasteiger partial charge in [0.15, 0.2) is 23.0 Å². The summed E-state index contributed by atoms with van der Waals surface area (Å²) in [6.07, 6.45) is 1.18. The van der Waals surface area contributed by atoms with Crippen LogP contribution in [-0.2, 0) is 9.59 Å². The molecular weight excluding hydrogens is 404 g/mol. The maximum atomic E-state index is 12.8. The Kier molecular flexibility index (Phi) is 4.68. The Bertz CT molecular complexity index is 1050. The number of hydrogen-bond acceptors (Lipinski definition) is 6. The summed E-state index contributed by atoms with van der Waals surface area (Å²) in [7, 11) is 3.03. The SMILES string of the molecule is CC(=O)[C@H](C(=O)N(C)C)n1cnc2c(nnn2-c2ccc(Br)cc2)c1=O. The summed E-state index contributed by atoms with van der Waals surface area (Å²) in [6, 6.07) is 5.95. The first kappa shape index (κ1) is 17.9. The maximum Gasteiger partial charge on any atom is 0.284 e. The van der Waals surface area contributed by atoms with Gasteiger partial charge in [0.1, 0.15) is 6.33 Å². The Labute approximate surface area is 156 Å². The van der Waals surface area contributed by atoms with Gasteiger partial charge in [-0.3, -0.25) is 19.0 Å². The lowest BCUT2D eigenvalue weighted by Gasteiger charge is -2.19. The minimum atomic E-state index is -1.28. The van der Waals surface area contributed by atoms with Crippen LogP contribution in [0.1, 0.15) is 13.0 Å². The predicted octanol–water partition coefficient (Wildman–Crippen LogP) is 0.958. The molecule has 0 bridgehead atoms. The van der Waals surface area contributed by atoms with Gasteiger partial charge in [0.05, 0.1) is 5.69 Å². The Balaban J connectivity index is 2.16. The Morgan fingerprint density at radius 1 is 1.19 bits per heavy atom. The van der Waals surface area contributed by atoms with Gasteiger partial charge in [-0.25, -0.2) is 4.98 Å². The van der Waals surface area contributed by atoms with Gasteiger partial charge in [-0.1, -0.05) is 21.1 Å². The molecule has 9 nitrogen and oxygen atoms in total. The van der Waals surface area contributed by atoms with Crippen molar-refractivity contribution in [2.45, 2.75) is 13.0 Å². The van der Waals surface area contributed by atoms with Crippen LogP contribution >= 0.6 is 15.9 Å². The normalized spacial score (nSPS) is 12.2. The van der Waals surface area contributed by atoms with Gasteiger partial charge in [-0.15, -0.1) is 5.10 Å². The van der Waals surface area contributed by atoms with Crippen molar-refractivity contribution in [2.75, 3.05) is 14.1 Å². The van der Waals surface area contributed by atoms with Crippen LogP contribution in [0.4, 0.5) is 0 Å². The van der Waals surface area contributed by atoms with Crippen molar-refractivity contribution in [3.05, 3.63) is 45.4 Å². The van der Waals surface area contributed by atoms with Gasteiger partial charge in [0.2, 0.25) is 0 Å². The molecule has 134 valence electrons. The molecule has 10 heteroatoms. The smallest absolute Gasteiger partial charge is 0.284 e. The number of carbonyl (C=O) groups excluding carboxylic acids is 2. The van der Waals surface area contributed by atoms with E-state index >= 15 is 0 Å². The number of aromatic nitrogens is 5. The van der Waals surface area contributed by atoms with E-state index in [2.05, 4.69) is 31.2 Å². The van der Waals surface area contributed by atoms with Gasteiger partial charge in [0, 0.05) is 18.6 Å². The van der Waals surface area contributed by atoms with Crippen molar-refractivity contribution in [3.8, 4) is 5.69 Å². The predicted molar refractivity (Wildman–Crippen MR) is 97.0 cm³/mol. The molecule has 0 aliphatic carbocycles. The molecule has 3 aromatic rings. The van der Waals surface area contributed by atoms with E-state index in [1.807, 2.05) is 12.1 Å². The summed E-state index contributed by atoms with van der Waals surface area (Å²) in [5, 5.41) is 7.87. The van der Waals surface area contributed by atoms with E-state index in [-0.39, 0.29) is 11.2 Å². The lowest BCUT2D eigenvalue weighted by molar-refractivity contribution is -0.137. The molecule has 0 spiro atoms. The van der Waals surface area contributed by atoms with Crippen molar-refractivity contribution < 1.29 is 9.59 Å². The first-order valence-corrected chi connectivity index (χ1v) is 8.40. The highest BCUT2D eigenvalue weighted by molar-refractivity contribution is 9.10. The number of rotatable bonds is 4. The molecule has 0 saturated heterocycles. The number of benzene rings is 1. The minimum Gasteiger partial charge on any atom is -0.347 e. The number of amides is 1. The summed E-state index contributed by atoms with van der Waals surface area (Å²) in [5.74, 6) is -0.978. The minimum absolute atomic E-state index is 0.0202. The van der Waals surface area contributed by atoms with Crippen LogP contribution in [0.15, 0.2) is 39.9 Å². The number of carbonyl (C=O) groups is 2. The van der Waals surface area contributed by atoms with Crippen molar-refractivity contribution in [3.63, 3.8) is 0 Å². The van der Waals surface area contributed by atoms with Crippen LogP contribution in [-0.4, -0.2) is 55.2 Å². The summed E-state index contributed by atoms with van der Waals surface area (Å²) in [5.41, 5.74) is 0.294. The highest BCUT2D eigenvalue weighted by Crippen LogP contribution is 2.16. The average Bonchev–Trinajstić information content (AvgIpc) is 3.02. The van der Waals surface area contributed by atoms with Gasteiger partial charge < -0.3 is 4.90 Å². The number of fused-ring (bicyclic) bond motifs is 1. The van der Waals surface area contributed by atoms with E-state index in [1.165, 1.54) is 36.9 Å². The molecule has 3 rings (SSSR count). The highest BCUT2D eigenvalue weighted by atomic mass is 79.9. The first-order valence-electron chi connectivity index (χ1n) is 7.61. The second kappa shape index (κ2) is 6.79. The topological polar surface area (TPSA) is 103 Å². The molecular formula is C16H15BrN6O3. The number of hydrogen-bond donors (Lipinski definition) is 0. The number of likely N-dealkylation sites (N-methyl/N-ethyl adjacent to an activating group) is 1. The monoisotopic (exact) mass is 418 g/mol. The highest BCUT2D eigenvalue weighted by Gasteiger charge is 2.29. The van der Waals surface area contributed by atoms with Crippen LogP contribution < -0.4 is 5.56 Å². The lowest BCUT2D eigenvalue weighted by atomic mass is 10.2. The average molecular weight is 419 g/mol. The molecule has 0 fully saturated rings. The van der Waals surface area contributed by atoms with Crippen molar-refractivity contribution in [2.24, 2.45) is 0 Å². The fourth-order valence-corrected chi connectivity index (χ4v) is 2.76. The quantitative estimate of drug-likeness (QED) is 0.584. The summed E-state index contributed by atoms with van der Waals surface area (Å²) in [4.78, 5) is 42.5. The Morgan fingerprint density at radius 3 is 2.42 bits per heavy atom. The van der Waals surface area contributed by atoms with Crippen molar-refractivity contribution in [1.29, 1.82) is 0 Å². The molecule has 1 atom stereocenters. The van der Waals surface area contributed by atoms with E-state index in [4.69, 9.17) is 0 Å². The zero-order valence-corrected chi connectivity index (χ0v) is 15.8. The number of Topliss-reactive ketones (excluding diaryl/α,β-unsaturated/α-hetero) is 1. The molecule has 0 aliphatic rings. The van der Waals surface area contributed by atoms with E-state index < -0.39 is 23.3 Å². The summed E-state index contributed by atoms with van der Waals surface area (Å²) < 4.78 is 3.31. The fraction of sp³-hybridized carbons (Fsp3) is 0.250. The van der Waals surface area contributed by atoms with E-state index in [0.717, 1.165) is 9.04 Å². The fourth-order valence-electron chi connectivity index (χ4n) is 2.50. The number of nitrogens with zero attached hydrogens (tertiary/aromatic N) is 6. The zero-order chi connectivity index (χ0) is 19.0. The standard InChI is InChI=1S/C16H15BrN6O3/c1-9(24)13(16(26)21(2)3)22-8-18-14-12(15(22)25)19-20-23(14)11-6-4-10(17)5-7-11/h4-8,13H,1-3H3/t13-/m1/s1. The molecule has 2 aromatic heterocycles. The second-order valence-electron chi connectivity index (χ2n) is 5.85. The Morgan fingerprint density at radius 2 is 1.85 bits per heavy atom. The van der Waals surface area contributed by atoms with Gasteiger partial charge in [0.25, 0.3) is 11.5 Å². The zero-order valence-electron chi connectivity index (χ0n) is 14.3. The van der Waals surface area contributed by atoms with Crippen LogP contribution in [0, 0.1) is 0 Å². The first-order chi connectivity index (χ1) is 12.3. The molecule has 0 saturated carbocycles. The number of halogens is 1. The third-order valence-corrected chi connectivity index (χ3v) is 4.33. The molecule has 1 aromatic carbocycles. The van der Waals surface area contributed by atoms with Crippen LogP contribution in [0.25, 0.3) is 16.9 Å². The molecule has 26 heavy (non-hydrogen) atoms. The molecule has 0 N–H and O–H groups in total. The van der Waals surface area contributed by atoms with Crippen LogP contribution in [0.3, 0.4) is 0 Å². The summed E-state index contributed by atoms with van der Waals surface area (Å²) >= 11 is 3.35. The van der Waals surface area contributed by atoms with Gasteiger partial charge >= 0.3 is 0 Å². The Hall–Kier alpha value is -2.88. The van der Waals surface area contributed by atoms with E-state index in [9.17, 15) is 14.4 Å². The van der Waals surface area contributed by atoms with Gasteiger partial charge in [-0.2, -0.15) is 4.68 Å². The molecule has 2 heterocycles. The summed E-state index contributed by atoms with van der Waals surface area (Å²) in [6.45, 7) is 1.25. The lowest BCUT2D eigenvalue weighted by Crippen LogP contribution is -2.40. The maximum absolute atomic E-state index is 12.8. The number of ketones is 1. The third-order valence-electron chi connectivity index (χ3n) is 3.80. The van der Waals surface area contributed by atoms with Crippen LogP contribution in [0.2, 0.25) is 0 Å². The van der Waals surface area contributed by atoms with E-state index in [1.54, 1.807) is 12.1 Å². The molecule has 0 radical (unpaired) electrons.